The van der Waals surface area contributed by atoms with E-state index in [1.165, 1.54) is 6.07 Å². The van der Waals surface area contributed by atoms with Crippen LogP contribution in [0.25, 0.3) is 43.6 Å². The Labute approximate surface area is 371 Å². The van der Waals surface area contributed by atoms with Crippen molar-refractivity contribution >= 4 is 90.6 Å². The number of fused-ring (bicyclic) bond motifs is 14. The Balaban J connectivity index is 0.788. The van der Waals surface area contributed by atoms with Crippen LogP contribution in [0.2, 0.25) is 0 Å². The van der Waals surface area contributed by atoms with E-state index in [0.29, 0.717) is 30.6 Å². The number of benzene rings is 4. The summed E-state index contributed by atoms with van der Waals surface area (Å²) in [6, 6.07) is 19.5. The van der Waals surface area contributed by atoms with Gasteiger partial charge in [0.1, 0.15) is 18.4 Å². The number of nitrogens with zero attached hydrogens (tertiary/aromatic N) is 4. The van der Waals surface area contributed by atoms with Gasteiger partial charge in [0.05, 0.1) is 44.8 Å². The van der Waals surface area contributed by atoms with Crippen LogP contribution in [0, 0.1) is 0 Å². The van der Waals surface area contributed by atoms with Crippen molar-refractivity contribution in [1.82, 2.24) is 34.9 Å². The number of para-hydroxylation sites is 2. The molecule has 4 N–H and O–H groups in total. The number of hydrogen-bond donors (Lipinski definition) is 4. The normalized spacial score (nSPS) is 23.3. The van der Waals surface area contributed by atoms with Crippen molar-refractivity contribution in [1.29, 1.82) is 0 Å². The lowest BCUT2D eigenvalue weighted by Crippen LogP contribution is -2.61. The summed E-state index contributed by atoms with van der Waals surface area (Å²) in [6.45, 7) is 2.87. The fraction of sp³-hybridized carbons (Fsp3) is 0.354. The molecule has 11 rings (SSSR count). The Bertz CT molecular complexity index is 3130. The predicted octanol–water partition coefficient (Wildman–Crippen LogP) is 4.39. The highest BCUT2D eigenvalue weighted by Crippen LogP contribution is 2.54. The Hall–Kier alpha value is -7.11. The van der Waals surface area contributed by atoms with E-state index >= 15 is 0 Å². The summed E-state index contributed by atoms with van der Waals surface area (Å²) >= 11 is 0. The standard InChI is InChI=1S/C48H46N8O9/c1-48-43(64-3)32(22-36(65-48)54-29-14-6-4-10-24(29)39-40-27(23-51-45(40)61)37-25-11-5-7-15-30(25)56(48)42(37)41(39)54)53(2)35(59)17-9-16-33(57)50-21-20-49-28-13-8-12-26-38(28)47(63)55(46(26)62)31-18-19-34(58)52-44(31)60/h4-8,10-15,31-32,36,43,49H,9,16-23H2,1-3H3,(H,50,57)(H,51,61)(H,52,58,60)/t31?,32-,36-,43-,48+/m1/s1. The fourth-order valence-electron chi connectivity index (χ4n) is 11.3. The lowest BCUT2D eigenvalue weighted by atomic mass is 9.91. The number of carbonyl (C=O) groups excluding carboxylic acids is 7. The van der Waals surface area contributed by atoms with Crippen LogP contribution in [0.1, 0.15) is 88.3 Å². The van der Waals surface area contributed by atoms with Gasteiger partial charge in [0.15, 0.2) is 5.72 Å². The Morgan fingerprint density at radius 3 is 2.42 bits per heavy atom. The van der Waals surface area contributed by atoms with Crippen LogP contribution in [0.4, 0.5) is 5.69 Å². The number of imide groups is 2. The summed E-state index contributed by atoms with van der Waals surface area (Å²) in [4.78, 5) is 94.4. The lowest BCUT2D eigenvalue weighted by Gasteiger charge is -2.50. The summed E-state index contributed by atoms with van der Waals surface area (Å²) in [6.07, 6.45) is -0.140. The van der Waals surface area contributed by atoms with Gasteiger partial charge in [-0.2, -0.15) is 0 Å². The largest absolute Gasteiger partial charge is 0.383 e. The van der Waals surface area contributed by atoms with Crippen LogP contribution in [0.3, 0.4) is 0 Å². The maximum Gasteiger partial charge on any atom is 0.264 e. The Morgan fingerprint density at radius 2 is 1.65 bits per heavy atom. The predicted molar refractivity (Wildman–Crippen MR) is 238 cm³/mol. The molecule has 1 unspecified atom stereocenters. The molecule has 0 radical (unpaired) electrons. The first-order valence-corrected chi connectivity index (χ1v) is 22.0. The molecule has 2 fully saturated rings. The van der Waals surface area contributed by atoms with E-state index in [2.05, 4.69) is 54.7 Å². The van der Waals surface area contributed by atoms with Crippen molar-refractivity contribution in [3.05, 3.63) is 89.0 Å². The highest BCUT2D eigenvalue weighted by Gasteiger charge is 2.55. The van der Waals surface area contributed by atoms with Crippen LogP contribution in [0.15, 0.2) is 66.7 Å². The van der Waals surface area contributed by atoms with Gasteiger partial charge in [-0.25, -0.2) is 0 Å². The molecule has 2 saturated heterocycles. The molecular formula is C48H46N8O9. The van der Waals surface area contributed by atoms with Crippen LogP contribution < -0.4 is 21.3 Å². The van der Waals surface area contributed by atoms with E-state index in [9.17, 15) is 33.6 Å². The zero-order valence-electron chi connectivity index (χ0n) is 36.0. The number of amides is 7. The summed E-state index contributed by atoms with van der Waals surface area (Å²) in [5, 5.41) is 15.1. The molecular weight excluding hydrogens is 833 g/mol. The van der Waals surface area contributed by atoms with Crippen molar-refractivity contribution in [3.8, 4) is 0 Å². The minimum absolute atomic E-state index is 0.0229. The van der Waals surface area contributed by atoms with Gasteiger partial charge < -0.3 is 39.5 Å². The average molecular weight is 879 g/mol. The minimum Gasteiger partial charge on any atom is -0.383 e. The van der Waals surface area contributed by atoms with Crippen LogP contribution in [-0.4, -0.2) is 106 Å². The van der Waals surface area contributed by atoms with E-state index < -0.39 is 53.8 Å². The second kappa shape index (κ2) is 15.0. The number of ether oxygens (including phenoxy) is 2. The van der Waals surface area contributed by atoms with Crippen molar-refractivity contribution in [2.24, 2.45) is 0 Å². The Morgan fingerprint density at radius 1 is 0.892 bits per heavy atom. The van der Waals surface area contributed by atoms with Crippen LogP contribution in [0.5, 0.6) is 0 Å². The molecule has 0 saturated carbocycles. The first-order chi connectivity index (χ1) is 31.4. The van der Waals surface area contributed by atoms with E-state index in [0.717, 1.165) is 54.1 Å². The second-order valence-corrected chi connectivity index (χ2v) is 17.6. The monoisotopic (exact) mass is 878 g/mol. The smallest absolute Gasteiger partial charge is 0.264 e. The molecule has 17 nitrogen and oxygen atoms in total. The maximum absolute atomic E-state index is 14.1. The van der Waals surface area contributed by atoms with Crippen molar-refractivity contribution in [2.75, 3.05) is 32.6 Å². The number of anilines is 1. The highest BCUT2D eigenvalue weighted by molar-refractivity contribution is 6.31. The number of rotatable bonds is 11. The van der Waals surface area contributed by atoms with E-state index in [1.807, 2.05) is 31.2 Å². The summed E-state index contributed by atoms with van der Waals surface area (Å²) in [7, 11) is 3.43. The number of piperidine rings is 1. The maximum atomic E-state index is 14.1. The molecule has 65 heavy (non-hydrogen) atoms. The zero-order chi connectivity index (χ0) is 45.1. The molecule has 0 aliphatic carbocycles. The summed E-state index contributed by atoms with van der Waals surface area (Å²) in [5.41, 5.74) is 4.97. The number of likely N-dealkylation sites (N-methyl/N-ethyl adjacent to an activating group) is 1. The summed E-state index contributed by atoms with van der Waals surface area (Å²) < 4.78 is 18.1. The van der Waals surface area contributed by atoms with Gasteiger partial charge in [-0.1, -0.05) is 42.5 Å². The topological polar surface area (TPSA) is 202 Å². The minimum atomic E-state index is -1.10. The zero-order valence-corrected chi connectivity index (χ0v) is 36.0. The SMILES string of the molecule is CO[C@@H]1[C@H](N(C)C(=O)CCCC(=O)NCCNc2cccc3c2C(=O)N(C2CCC(=O)NC2=O)C3=O)C[C@H]2O[C@]1(C)n1c3ccccc3c3c4c(c5c6ccccc6n2c5c31)C(=O)NC4. The van der Waals surface area contributed by atoms with Gasteiger partial charge in [0, 0.05) is 86.7 Å². The average Bonchev–Trinajstić information content (AvgIpc) is 4.01. The summed E-state index contributed by atoms with van der Waals surface area (Å²) in [5.74, 6) is -2.85. The van der Waals surface area contributed by atoms with Crippen molar-refractivity contribution in [3.63, 3.8) is 0 Å². The molecule has 0 spiro atoms. The van der Waals surface area contributed by atoms with Crippen molar-refractivity contribution < 1.29 is 43.0 Å². The molecule has 5 atom stereocenters. The molecule has 2 aromatic heterocycles. The lowest BCUT2D eigenvalue weighted by molar-refractivity contribution is -0.266. The number of hydrogen-bond acceptors (Lipinski definition) is 10. The van der Waals surface area contributed by atoms with Gasteiger partial charge in [-0.05, 0) is 49.6 Å². The van der Waals surface area contributed by atoms with E-state index in [4.69, 9.17) is 9.47 Å². The van der Waals surface area contributed by atoms with Crippen LogP contribution >= 0.6 is 0 Å². The van der Waals surface area contributed by atoms with Gasteiger partial charge in [0.25, 0.3) is 17.7 Å². The molecule has 6 aromatic rings. The first-order valence-electron chi connectivity index (χ1n) is 22.0. The third-order valence-electron chi connectivity index (χ3n) is 14.1. The number of nitrogens with one attached hydrogen (secondary N) is 4. The van der Waals surface area contributed by atoms with Crippen molar-refractivity contribution in [2.45, 2.75) is 82.1 Å². The molecule has 5 aliphatic rings. The fourth-order valence-corrected chi connectivity index (χ4v) is 11.3. The third-order valence-corrected chi connectivity index (χ3v) is 14.1. The first kappa shape index (κ1) is 40.7. The molecule has 2 bridgehead atoms. The van der Waals surface area contributed by atoms with Gasteiger partial charge in [-0.3, -0.25) is 43.8 Å². The molecule has 332 valence electrons. The van der Waals surface area contributed by atoms with E-state index in [1.54, 1.807) is 31.2 Å². The highest BCUT2D eigenvalue weighted by atomic mass is 16.6. The van der Waals surface area contributed by atoms with Gasteiger partial charge >= 0.3 is 0 Å². The molecule has 5 aliphatic heterocycles. The van der Waals surface area contributed by atoms with Gasteiger partial charge in [0.2, 0.25) is 23.6 Å². The molecule has 7 heterocycles. The van der Waals surface area contributed by atoms with E-state index in [-0.39, 0.29) is 67.6 Å². The molecule has 4 aromatic carbocycles. The second-order valence-electron chi connectivity index (χ2n) is 17.6. The molecule has 7 amide bonds. The number of aromatic nitrogens is 2. The molecule has 17 heteroatoms. The Kier molecular flexibility index (Phi) is 9.37. The van der Waals surface area contributed by atoms with Crippen LogP contribution in [-0.2, 0) is 40.9 Å². The third kappa shape index (κ3) is 5.87. The number of carbonyl (C=O) groups is 7. The van der Waals surface area contributed by atoms with Gasteiger partial charge in [-0.15, -0.1) is 0 Å². The number of methoxy groups -OCH3 is 1. The quantitative estimate of drug-likeness (QED) is 0.107.